The third-order valence-electron chi connectivity index (χ3n) is 3.54. The highest BCUT2D eigenvalue weighted by Gasteiger charge is 2.21. The normalized spacial score (nSPS) is 20.1. The van der Waals surface area contributed by atoms with Crippen LogP contribution in [0.2, 0.25) is 0 Å². The lowest BCUT2D eigenvalue weighted by Crippen LogP contribution is -2.48. The van der Waals surface area contributed by atoms with Crippen LogP contribution in [-0.4, -0.2) is 50.4 Å². The molecule has 1 aromatic carbocycles. The molecule has 1 aromatic rings. The van der Waals surface area contributed by atoms with E-state index in [9.17, 15) is 0 Å². The first-order chi connectivity index (χ1) is 9.58. The van der Waals surface area contributed by atoms with E-state index < -0.39 is 0 Å². The van der Waals surface area contributed by atoms with E-state index in [4.69, 9.17) is 9.47 Å². The van der Waals surface area contributed by atoms with E-state index in [1.54, 1.807) is 7.11 Å². The van der Waals surface area contributed by atoms with Crippen molar-refractivity contribution in [3.63, 3.8) is 0 Å². The predicted octanol–water partition coefficient (Wildman–Crippen LogP) is 2.98. The average Bonchev–Trinajstić information content (AvgIpc) is 2.44. The summed E-state index contributed by atoms with van der Waals surface area (Å²) in [6.45, 7) is 8.09. The summed E-state index contributed by atoms with van der Waals surface area (Å²) in [6, 6.07) is 6.56. The number of halogens is 1. The van der Waals surface area contributed by atoms with Crippen molar-refractivity contribution in [1.29, 1.82) is 0 Å². The zero-order valence-corrected chi connectivity index (χ0v) is 13.9. The molecule has 0 saturated carbocycles. The quantitative estimate of drug-likeness (QED) is 0.891. The van der Waals surface area contributed by atoms with E-state index in [2.05, 4.69) is 40.0 Å². The zero-order chi connectivity index (χ0) is 14.5. The molecule has 1 unspecified atom stereocenters. The lowest BCUT2D eigenvalue weighted by atomic mass is 10.2. The molecule has 0 bridgehead atoms. The second-order valence-electron chi connectivity index (χ2n) is 5.34. The lowest BCUT2D eigenvalue weighted by molar-refractivity contribution is -0.0315. The van der Waals surface area contributed by atoms with Crippen LogP contribution in [0, 0.1) is 0 Å². The fourth-order valence-electron chi connectivity index (χ4n) is 2.35. The topological polar surface area (TPSA) is 33.7 Å². The summed E-state index contributed by atoms with van der Waals surface area (Å²) in [7, 11) is 1.68. The molecule has 5 heteroatoms. The Kier molecular flexibility index (Phi) is 5.69. The number of benzene rings is 1. The van der Waals surface area contributed by atoms with E-state index >= 15 is 0 Å². The van der Waals surface area contributed by atoms with Crippen molar-refractivity contribution in [3.05, 3.63) is 22.7 Å². The Labute approximate surface area is 129 Å². The van der Waals surface area contributed by atoms with Gasteiger partial charge in [-0.15, -0.1) is 0 Å². The van der Waals surface area contributed by atoms with Gasteiger partial charge in [0, 0.05) is 41.9 Å². The van der Waals surface area contributed by atoms with E-state index in [-0.39, 0.29) is 6.10 Å². The number of ether oxygens (including phenoxy) is 2. The van der Waals surface area contributed by atoms with Crippen LogP contribution in [0.5, 0.6) is 5.75 Å². The van der Waals surface area contributed by atoms with Crippen LogP contribution in [-0.2, 0) is 4.74 Å². The smallest absolute Gasteiger partial charge is 0.122 e. The first-order valence-corrected chi connectivity index (χ1v) is 7.82. The predicted molar refractivity (Wildman–Crippen MR) is 85.6 cm³/mol. The Bertz CT molecular complexity index is 440. The van der Waals surface area contributed by atoms with Crippen LogP contribution >= 0.6 is 15.9 Å². The first-order valence-electron chi connectivity index (χ1n) is 7.02. The van der Waals surface area contributed by atoms with E-state index in [0.717, 1.165) is 42.2 Å². The maximum absolute atomic E-state index is 5.82. The van der Waals surface area contributed by atoms with Gasteiger partial charge >= 0.3 is 0 Å². The third-order valence-corrected chi connectivity index (χ3v) is 4.00. The first kappa shape index (κ1) is 15.6. The van der Waals surface area contributed by atoms with Gasteiger partial charge in [-0.05, 0) is 26.0 Å². The van der Waals surface area contributed by atoms with E-state index in [1.165, 1.54) is 0 Å². The van der Waals surface area contributed by atoms with Gasteiger partial charge in [0.25, 0.3) is 0 Å². The Balaban J connectivity index is 1.90. The number of nitrogens with one attached hydrogen (secondary N) is 1. The summed E-state index contributed by atoms with van der Waals surface area (Å²) in [6.07, 6.45) is 0.233. The largest absolute Gasteiger partial charge is 0.497 e. The summed E-state index contributed by atoms with van der Waals surface area (Å²) in [4.78, 5) is 2.46. The minimum Gasteiger partial charge on any atom is -0.497 e. The summed E-state index contributed by atoms with van der Waals surface area (Å²) in [5.74, 6) is 0.843. The molecule has 1 aliphatic rings. The maximum atomic E-state index is 5.82. The van der Waals surface area contributed by atoms with Crippen LogP contribution in [0.4, 0.5) is 5.69 Å². The summed E-state index contributed by atoms with van der Waals surface area (Å²) in [5.41, 5.74) is 1.04. The van der Waals surface area contributed by atoms with Crippen molar-refractivity contribution in [1.82, 2.24) is 4.90 Å². The highest BCUT2D eigenvalue weighted by Crippen LogP contribution is 2.24. The Morgan fingerprint density at radius 3 is 2.95 bits per heavy atom. The molecule has 112 valence electrons. The molecule has 1 fully saturated rings. The van der Waals surface area contributed by atoms with Crippen molar-refractivity contribution in [2.45, 2.75) is 26.0 Å². The molecule has 20 heavy (non-hydrogen) atoms. The second-order valence-corrected chi connectivity index (χ2v) is 6.26. The third kappa shape index (κ3) is 4.36. The van der Waals surface area contributed by atoms with Gasteiger partial charge in [0.2, 0.25) is 0 Å². The van der Waals surface area contributed by atoms with Crippen LogP contribution in [0.25, 0.3) is 0 Å². The molecule has 1 heterocycles. The molecule has 1 aliphatic heterocycles. The highest BCUT2D eigenvalue weighted by atomic mass is 79.9. The van der Waals surface area contributed by atoms with Crippen molar-refractivity contribution >= 4 is 21.6 Å². The van der Waals surface area contributed by atoms with Crippen LogP contribution in [0.1, 0.15) is 13.8 Å². The van der Waals surface area contributed by atoms with Gasteiger partial charge in [-0.25, -0.2) is 0 Å². The van der Waals surface area contributed by atoms with Crippen LogP contribution < -0.4 is 10.1 Å². The Hall–Kier alpha value is -0.780. The summed E-state index contributed by atoms with van der Waals surface area (Å²) < 4.78 is 12.1. The van der Waals surface area contributed by atoms with Gasteiger partial charge in [0.1, 0.15) is 5.75 Å². The molecule has 0 aliphatic carbocycles. The van der Waals surface area contributed by atoms with Gasteiger partial charge in [-0.1, -0.05) is 15.9 Å². The van der Waals surface area contributed by atoms with Crippen molar-refractivity contribution in [2.24, 2.45) is 0 Å². The zero-order valence-electron chi connectivity index (χ0n) is 12.4. The van der Waals surface area contributed by atoms with E-state index in [1.807, 2.05) is 18.2 Å². The minimum atomic E-state index is 0.233. The summed E-state index contributed by atoms with van der Waals surface area (Å²) >= 11 is 3.49. The summed E-state index contributed by atoms with van der Waals surface area (Å²) in [5, 5.41) is 3.43. The molecule has 2 rings (SSSR count). The molecule has 0 spiro atoms. The molecule has 1 atom stereocenters. The standard InChI is InChI=1S/C15H23BrN2O2/c1-11(2)18-4-5-20-15(10-18)9-17-13-6-12(16)7-14(8-13)19-3/h6-8,11,15,17H,4-5,9-10H2,1-3H3. The number of anilines is 1. The molecule has 0 amide bonds. The molecular formula is C15H23BrN2O2. The molecule has 4 nitrogen and oxygen atoms in total. The number of morpholine rings is 1. The van der Waals surface area contributed by atoms with Crippen LogP contribution in [0.15, 0.2) is 22.7 Å². The maximum Gasteiger partial charge on any atom is 0.122 e. The molecule has 1 saturated heterocycles. The Morgan fingerprint density at radius 2 is 2.25 bits per heavy atom. The van der Waals surface area contributed by atoms with Gasteiger partial charge < -0.3 is 14.8 Å². The number of hydrogen-bond acceptors (Lipinski definition) is 4. The molecule has 1 N–H and O–H groups in total. The fourth-order valence-corrected chi connectivity index (χ4v) is 2.82. The molecular weight excluding hydrogens is 320 g/mol. The SMILES string of the molecule is COc1cc(Br)cc(NCC2CN(C(C)C)CCO2)c1. The molecule has 0 aromatic heterocycles. The number of rotatable bonds is 5. The fraction of sp³-hybridized carbons (Fsp3) is 0.600. The minimum absolute atomic E-state index is 0.233. The van der Waals surface area contributed by atoms with Gasteiger partial charge in [-0.3, -0.25) is 4.90 Å². The monoisotopic (exact) mass is 342 g/mol. The lowest BCUT2D eigenvalue weighted by Gasteiger charge is -2.35. The second kappa shape index (κ2) is 7.29. The highest BCUT2D eigenvalue weighted by molar-refractivity contribution is 9.10. The van der Waals surface area contributed by atoms with Gasteiger partial charge in [-0.2, -0.15) is 0 Å². The van der Waals surface area contributed by atoms with Crippen molar-refractivity contribution in [3.8, 4) is 5.75 Å². The van der Waals surface area contributed by atoms with E-state index in [0.29, 0.717) is 6.04 Å². The number of methoxy groups -OCH3 is 1. The van der Waals surface area contributed by atoms with Crippen molar-refractivity contribution < 1.29 is 9.47 Å². The molecule has 0 radical (unpaired) electrons. The Morgan fingerprint density at radius 1 is 1.45 bits per heavy atom. The van der Waals surface area contributed by atoms with Gasteiger partial charge in [0.15, 0.2) is 0 Å². The average molecular weight is 343 g/mol. The number of nitrogens with zero attached hydrogens (tertiary/aromatic N) is 1. The van der Waals surface area contributed by atoms with Crippen LogP contribution in [0.3, 0.4) is 0 Å². The van der Waals surface area contributed by atoms with Crippen molar-refractivity contribution in [2.75, 3.05) is 38.7 Å². The number of hydrogen-bond donors (Lipinski definition) is 1. The van der Waals surface area contributed by atoms with Gasteiger partial charge in [0.05, 0.1) is 19.8 Å².